The first-order chi connectivity index (χ1) is 9.77. The van der Waals surface area contributed by atoms with Crippen molar-refractivity contribution in [3.05, 3.63) is 47.1 Å². The van der Waals surface area contributed by atoms with Crippen LogP contribution in [-0.4, -0.2) is 21.4 Å². The summed E-state index contributed by atoms with van der Waals surface area (Å²) < 4.78 is 42.7. The van der Waals surface area contributed by atoms with E-state index in [1.165, 1.54) is 13.0 Å². The van der Waals surface area contributed by atoms with E-state index < -0.39 is 23.9 Å². The van der Waals surface area contributed by atoms with Crippen LogP contribution >= 0.6 is 0 Å². The summed E-state index contributed by atoms with van der Waals surface area (Å²) in [6, 6.07) is 4.06. The maximum absolute atomic E-state index is 12.6. The minimum Gasteiger partial charge on any atom is -0.391 e. The lowest BCUT2D eigenvalue weighted by Crippen LogP contribution is -2.23. The third-order valence-corrected chi connectivity index (χ3v) is 2.91. The van der Waals surface area contributed by atoms with E-state index in [0.29, 0.717) is 5.56 Å². The minimum absolute atomic E-state index is 0.0481. The van der Waals surface area contributed by atoms with Gasteiger partial charge in [-0.1, -0.05) is 23.4 Å². The highest BCUT2D eigenvalue weighted by Crippen LogP contribution is 2.29. The Morgan fingerprint density at radius 3 is 2.71 bits per heavy atom. The van der Waals surface area contributed by atoms with E-state index in [0.717, 1.165) is 12.1 Å². The zero-order valence-electron chi connectivity index (χ0n) is 11.1. The largest absolute Gasteiger partial charge is 0.416 e. The zero-order valence-corrected chi connectivity index (χ0v) is 11.1. The lowest BCUT2D eigenvalue weighted by atomic mass is 10.1. The molecule has 0 fully saturated rings. The molecule has 0 bridgehead atoms. The Hall–Kier alpha value is -1.93. The van der Waals surface area contributed by atoms with Gasteiger partial charge in [0.05, 0.1) is 11.7 Å². The van der Waals surface area contributed by atoms with Gasteiger partial charge in [0.15, 0.2) is 5.82 Å². The van der Waals surface area contributed by atoms with Crippen LogP contribution in [0.4, 0.5) is 13.2 Å². The number of hydrogen-bond acceptors (Lipinski definition) is 5. The Bertz CT molecular complexity index is 611. The summed E-state index contributed by atoms with van der Waals surface area (Å²) in [6.07, 6.45) is -5.18. The van der Waals surface area contributed by atoms with Crippen molar-refractivity contribution in [2.75, 3.05) is 0 Å². The van der Waals surface area contributed by atoms with Crippen molar-refractivity contribution in [3.63, 3.8) is 0 Å². The van der Waals surface area contributed by atoms with Crippen LogP contribution in [0.25, 0.3) is 0 Å². The van der Waals surface area contributed by atoms with Gasteiger partial charge in [0.2, 0.25) is 5.89 Å². The van der Waals surface area contributed by atoms with Gasteiger partial charge in [-0.15, -0.1) is 0 Å². The highest BCUT2D eigenvalue weighted by Gasteiger charge is 2.30. The second-order valence-corrected chi connectivity index (χ2v) is 4.69. The van der Waals surface area contributed by atoms with Gasteiger partial charge in [-0.3, -0.25) is 0 Å². The Morgan fingerprint density at radius 1 is 1.38 bits per heavy atom. The van der Waals surface area contributed by atoms with Gasteiger partial charge >= 0.3 is 6.18 Å². The van der Waals surface area contributed by atoms with Crippen molar-refractivity contribution >= 4 is 0 Å². The van der Waals surface area contributed by atoms with E-state index in [-0.39, 0.29) is 18.1 Å². The van der Waals surface area contributed by atoms with Gasteiger partial charge in [-0.2, -0.15) is 18.2 Å². The number of hydrogen-bond donors (Lipinski definition) is 2. The quantitative estimate of drug-likeness (QED) is 0.903. The molecule has 0 amide bonds. The summed E-state index contributed by atoms with van der Waals surface area (Å²) >= 11 is 0. The van der Waals surface area contributed by atoms with Gasteiger partial charge in [-0.25, -0.2) is 0 Å². The SMILES string of the molecule is C[C@@H](O)[C@H](N)c1nc(Cc2cccc(C(F)(F)F)c2)no1. The van der Waals surface area contributed by atoms with Crippen molar-refractivity contribution in [2.45, 2.75) is 31.7 Å². The van der Waals surface area contributed by atoms with Crippen LogP contribution in [0.2, 0.25) is 0 Å². The third kappa shape index (κ3) is 3.79. The summed E-state index contributed by atoms with van der Waals surface area (Å²) in [6.45, 7) is 1.47. The number of aromatic nitrogens is 2. The molecule has 0 radical (unpaired) electrons. The molecule has 0 aliphatic heterocycles. The van der Waals surface area contributed by atoms with Crippen molar-refractivity contribution in [1.29, 1.82) is 0 Å². The number of rotatable bonds is 4. The Balaban J connectivity index is 2.16. The average Bonchev–Trinajstić information content (AvgIpc) is 2.85. The molecule has 1 aromatic heterocycles. The fraction of sp³-hybridized carbons (Fsp3) is 0.385. The van der Waals surface area contributed by atoms with Crippen LogP contribution in [0.15, 0.2) is 28.8 Å². The number of nitrogens with two attached hydrogens (primary N) is 1. The fourth-order valence-corrected chi connectivity index (χ4v) is 1.72. The first kappa shape index (κ1) is 15.5. The van der Waals surface area contributed by atoms with Crippen LogP contribution in [0.5, 0.6) is 0 Å². The average molecular weight is 301 g/mol. The molecule has 3 N–H and O–H groups in total. The van der Waals surface area contributed by atoms with Crippen molar-refractivity contribution < 1.29 is 22.8 Å². The molecular weight excluding hydrogens is 287 g/mol. The number of alkyl halides is 3. The van der Waals surface area contributed by atoms with E-state index >= 15 is 0 Å². The van der Waals surface area contributed by atoms with Crippen molar-refractivity contribution in [2.24, 2.45) is 5.73 Å². The van der Waals surface area contributed by atoms with Gasteiger partial charge in [-0.05, 0) is 18.6 Å². The molecule has 21 heavy (non-hydrogen) atoms. The first-order valence-electron chi connectivity index (χ1n) is 6.19. The molecule has 8 heteroatoms. The molecule has 0 saturated heterocycles. The molecule has 0 unspecified atom stereocenters. The highest BCUT2D eigenvalue weighted by atomic mass is 19.4. The van der Waals surface area contributed by atoms with Gasteiger partial charge < -0.3 is 15.4 Å². The number of nitrogens with zero attached hydrogens (tertiary/aromatic N) is 2. The summed E-state index contributed by atoms with van der Waals surface area (Å²) in [5, 5.41) is 13.0. The molecule has 0 aliphatic rings. The predicted octanol–water partition coefficient (Wildman–Crippen LogP) is 2.06. The number of aliphatic hydroxyl groups excluding tert-OH is 1. The molecule has 0 saturated carbocycles. The summed E-state index contributed by atoms with van der Waals surface area (Å²) in [7, 11) is 0. The first-order valence-corrected chi connectivity index (χ1v) is 6.19. The molecular formula is C13H14F3N3O2. The van der Waals surface area contributed by atoms with Crippen molar-refractivity contribution in [1.82, 2.24) is 10.1 Å². The van der Waals surface area contributed by atoms with Crippen LogP contribution in [0, 0.1) is 0 Å². The monoisotopic (exact) mass is 301 g/mol. The predicted molar refractivity (Wildman–Crippen MR) is 67.2 cm³/mol. The lowest BCUT2D eigenvalue weighted by molar-refractivity contribution is -0.137. The second-order valence-electron chi connectivity index (χ2n) is 4.69. The van der Waals surface area contributed by atoms with Gasteiger partial charge in [0, 0.05) is 6.42 Å². The maximum atomic E-state index is 12.6. The highest BCUT2D eigenvalue weighted by molar-refractivity contribution is 5.27. The van der Waals surface area contributed by atoms with Gasteiger partial charge in [0.25, 0.3) is 0 Å². The summed E-state index contributed by atoms with van der Waals surface area (Å²) in [5.74, 6) is 0.257. The molecule has 2 aromatic rings. The van der Waals surface area contributed by atoms with Crippen LogP contribution < -0.4 is 5.73 Å². The lowest BCUT2D eigenvalue weighted by Gasteiger charge is -2.08. The standard InChI is InChI=1S/C13H14F3N3O2/c1-7(20)11(17)12-18-10(19-21-12)6-8-3-2-4-9(5-8)13(14,15)16/h2-5,7,11,20H,6,17H2,1H3/t7-,11+/m1/s1. The topological polar surface area (TPSA) is 85.2 Å². The smallest absolute Gasteiger partial charge is 0.391 e. The van der Waals surface area contributed by atoms with E-state index in [1.54, 1.807) is 6.07 Å². The molecule has 2 atom stereocenters. The maximum Gasteiger partial charge on any atom is 0.416 e. The summed E-state index contributed by atoms with van der Waals surface area (Å²) in [4.78, 5) is 3.97. The normalized spacial score (nSPS) is 15.0. The Kier molecular flexibility index (Phi) is 4.29. The van der Waals surface area contributed by atoms with E-state index in [4.69, 9.17) is 10.3 Å². The van der Waals surface area contributed by atoms with Crippen LogP contribution in [0.3, 0.4) is 0 Å². The molecule has 1 aromatic carbocycles. The number of halogens is 3. The third-order valence-electron chi connectivity index (χ3n) is 2.91. The molecule has 0 spiro atoms. The number of aliphatic hydroxyl groups is 1. The fourth-order valence-electron chi connectivity index (χ4n) is 1.72. The van der Waals surface area contributed by atoms with E-state index in [1.807, 2.05) is 0 Å². The van der Waals surface area contributed by atoms with Crippen LogP contribution in [0.1, 0.15) is 35.8 Å². The molecule has 114 valence electrons. The summed E-state index contributed by atoms with van der Waals surface area (Å²) in [5.41, 5.74) is 5.30. The molecule has 1 heterocycles. The Morgan fingerprint density at radius 2 is 2.10 bits per heavy atom. The zero-order chi connectivity index (χ0) is 15.6. The van der Waals surface area contributed by atoms with E-state index in [9.17, 15) is 18.3 Å². The van der Waals surface area contributed by atoms with E-state index in [2.05, 4.69) is 10.1 Å². The molecule has 0 aliphatic carbocycles. The Labute approximate surface area is 118 Å². The molecule has 2 rings (SSSR count). The second kappa shape index (κ2) is 5.82. The molecule has 5 nitrogen and oxygen atoms in total. The van der Waals surface area contributed by atoms with Gasteiger partial charge in [0.1, 0.15) is 6.04 Å². The number of benzene rings is 1. The van der Waals surface area contributed by atoms with Crippen molar-refractivity contribution in [3.8, 4) is 0 Å². The minimum atomic E-state index is -4.40. The van der Waals surface area contributed by atoms with Crippen LogP contribution in [-0.2, 0) is 12.6 Å².